The third kappa shape index (κ3) is 4.23. The van der Waals surface area contributed by atoms with E-state index in [-0.39, 0.29) is 11.9 Å². The van der Waals surface area contributed by atoms with E-state index >= 15 is 0 Å². The van der Waals surface area contributed by atoms with E-state index in [0.29, 0.717) is 19.0 Å². The number of nitrogens with one attached hydrogen (secondary N) is 1. The predicted molar refractivity (Wildman–Crippen MR) is 95.8 cm³/mol. The van der Waals surface area contributed by atoms with Crippen LogP contribution in [-0.2, 0) is 4.79 Å². The smallest absolute Gasteiger partial charge is 0.230 e. The Morgan fingerprint density at radius 2 is 2.04 bits per heavy atom. The van der Waals surface area contributed by atoms with E-state index in [2.05, 4.69) is 5.32 Å². The van der Waals surface area contributed by atoms with Crippen molar-refractivity contribution in [3.63, 3.8) is 0 Å². The van der Waals surface area contributed by atoms with Crippen molar-refractivity contribution in [1.29, 1.82) is 0 Å². The molecule has 3 rings (SSSR count). The predicted octanol–water partition coefficient (Wildman–Crippen LogP) is 3.82. The highest BCUT2D eigenvalue weighted by Crippen LogP contribution is 2.31. The van der Waals surface area contributed by atoms with Gasteiger partial charge in [-0.15, -0.1) is 11.8 Å². The summed E-state index contributed by atoms with van der Waals surface area (Å²) >= 11 is 1.53. The molecule has 4 nitrogen and oxygen atoms in total. The first-order chi connectivity index (χ1) is 11.8. The highest BCUT2D eigenvalue weighted by Gasteiger charge is 2.22. The SMILES string of the molecule is CCOc1ccc(SCC(=O)N[C@@H]2CCOc3ccccc32)cc1. The van der Waals surface area contributed by atoms with Crippen molar-refractivity contribution < 1.29 is 14.3 Å². The van der Waals surface area contributed by atoms with Crippen LogP contribution in [0.15, 0.2) is 53.4 Å². The second kappa shape index (κ2) is 8.11. The lowest BCUT2D eigenvalue weighted by Crippen LogP contribution is -2.33. The number of fused-ring (bicyclic) bond motifs is 1. The molecule has 0 bridgehead atoms. The van der Waals surface area contributed by atoms with Gasteiger partial charge >= 0.3 is 0 Å². The van der Waals surface area contributed by atoms with Crippen LogP contribution < -0.4 is 14.8 Å². The lowest BCUT2D eigenvalue weighted by Gasteiger charge is -2.26. The van der Waals surface area contributed by atoms with Gasteiger partial charge in [-0.3, -0.25) is 4.79 Å². The molecule has 2 aromatic carbocycles. The van der Waals surface area contributed by atoms with Crippen molar-refractivity contribution in [2.24, 2.45) is 0 Å². The van der Waals surface area contributed by atoms with E-state index in [1.807, 2.05) is 55.5 Å². The van der Waals surface area contributed by atoms with Gasteiger partial charge < -0.3 is 14.8 Å². The molecule has 1 aliphatic rings. The first-order valence-electron chi connectivity index (χ1n) is 8.13. The summed E-state index contributed by atoms with van der Waals surface area (Å²) in [5.41, 5.74) is 1.06. The fourth-order valence-corrected chi connectivity index (χ4v) is 3.39. The van der Waals surface area contributed by atoms with Crippen LogP contribution in [0.5, 0.6) is 11.5 Å². The van der Waals surface area contributed by atoms with Crippen LogP contribution >= 0.6 is 11.8 Å². The van der Waals surface area contributed by atoms with Crippen molar-refractivity contribution in [3.8, 4) is 11.5 Å². The maximum Gasteiger partial charge on any atom is 0.230 e. The molecular formula is C19H21NO3S. The number of ether oxygens (including phenoxy) is 2. The van der Waals surface area contributed by atoms with E-state index in [0.717, 1.165) is 28.4 Å². The molecule has 0 radical (unpaired) electrons. The third-order valence-electron chi connectivity index (χ3n) is 3.80. The summed E-state index contributed by atoms with van der Waals surface area (Å²) < 4.78 is 11.0. The molecule has 0 saturated carbocycles. The second-order valence-corrected chi connectivity index (χ2v) is 6.54. The highest BCUT2D eigenvalue weighted by molar-refractivity contribution is 8.00. The minimum atomic E-state index is 0.0309. The Hall–Kier alpha value is -2.14. The summed E-state index contributed by atoms with van der Waals surface area (Å²) in [4.78, 5) is 13.3. The van der Waals surface area contributed by atoms with Crippen molar-refractivity contribution in [2.75, 3.05) is 19.0 Å². The van der Waals surface area contributed by atoms with E-state index in [1.54, 1.807) is 0 Å². The van der Waals surface area contributed by atoms with Crippen LogP contribution in [0, 0.1) is 0 Å². The molecular weight excluding hydrogens is 322 g/mol. The number of hydrogen-bond acceptors (Lipinski definition) is 4. The maximum absolute atomic E-state index is 12.3. The number of carbonyl (C=O) groups excluding carboxylic acids is 1. The van der Waals surface area contributed by atoms with Gasteiger partial charge in [-0.2, -0.15) is 0 Å². The molecule has 0 fully saturated rings. The molecule has 1 aliphatic heterocycles. The summed E-state index contributed by atoms with van der Waals surface area (Å²) in [7, 11) is 0. The van der Waals surface area contributed by atoms with Crippen LogP contribution in [0.1, 0.15) is 24.9 Å². The minimum absolute atomic E-state index is 0.0309. The minimum Gasteiger partial charge on any atom is -0.494 e. The number of rotatable bonds is 6. The van der Waals surface area contributed by atoms with Gasteiger partial charge in [-0.05, 0) is 37.3 Å². The van der Waals surface area contributed by atoms with Crippen molar-refractivity contribution in [1.82, 2.24) is 5.32 Å². The molecule has 1 amide bonds. The topological polar surface area (TPSA) is 47.6 Å². The van der Waals surface area contributed by atoms with E-state index < -0.39 is 0 Å². The number of para-hydroxylation sites is 1. The number of amides is 1. The molecule has 0 saturated heterocycles. The fourth-order valence-electron chi connectivity index (χ4n) is 2.68. The van der Waals surface area contributed by atoms with E-state index in [9.17, 15) is 4.79 Å². The number of benzene rings is 2. The molecule has 0 aliphatic carbocycles. The highest BCUT2D eigenvalue weighted by atomic mass is 32.2. The summed E-state index contributed by atoms with van der Waals surface area (Å²) in [5.74, 6) is 2.15. The van der Waals surface area contributed by atoms with Crippen molar-refractivity contribution in [2.45, 2.75) is 24.3 Å². The Labute approximate surface area is 146 Å². The Morgan fingerprint density at radius 1 is 1.25 bits per heavy atom. The summed E-state index contributed by atoms with van der Waals surface area (Å²) in [6, 6.07) is 15.7. The van der Waals surface area contributed by atoms with Gasteiger partial charge in [0, 0.05) is 16.9 Å². The summed E-state index contributed by atoms with van der Waals surface area (Å²) in [6.07, 6.45) is 0.802. The number of hydrogen-bond donors (Lipinski definition) is 1. The zero-order valence-corrected chi connectivity index (χ0v) is 14.5. The molecule has 1 N–H and O–H groups in total. The molecule has 0 spiro atoms. The molecule has 126 valence electrons. The standard InChI is InChI=1S/C19H21NO3S/c1-2-22-14-7-9-15(10-8-14)24-13-19(21)20-17-11-12-23-18-6-4-3-5-16(17)18/h3-10,17H,2,11-13H2,1H3,(H,20,21)/t17-/m1/s1. The Morgan fingerprint density at radius 3 is 2.83 bits per heavy atom. The van der Waals surface area contributed by atoms with Crippen LogP contribution in [0.4, 0.5) is 0 Å². The zero-order chi connectivity index (χ0) is 16.8. The average molecular weight is 343 g/mol. The van der Waals surface area contributed by atoms with Crippen LogP contribution in [0.3, 0.4) is 0 Å². The fraction of sp³-hybridized carbons (Fsp3) is 0.316. The monoisotopic (exact) mass is 343 g/mol. The molecule has 5 heteroatoms. The first kappa shape index (κ1) is 16.7. The summed E-state index contributed by atoms with van der Waals surface area (Å²) in [5, 5.41) is 3.11. The third-order valence-corrected chi connectivity index (χ3v) is 4.81. The van der Waals surface area contributed by atoms with Crippen LogP contribution in [-0.4, -0.2) is 24.9 Å². The average Bonchev–Trinajstić information content (AvgIpc) is 2.62. The first-order valence-corrected chi connectivity index (χ1v) is 9.11. The maximum atomic E-state index is 12.3. The van der Waals surface area contributed by atoms with E-state index in [4.69, 9.17) is 9.47 Å². The number of carbonyl (C=O) groups is 1. The second-order valence-electron chi connectivity index (χ2n) is 5.49. The number of thioether (sulfide) groups is 1. The molecule has 0 aromatic heterocycles. The molecule has 1 atom stereocenters. The molecule has 1 heterocycles. The molecule has 0 unspecified atom stereocenters. The zero-order valence-electron chi connectivity index (χ0n) is 13.7. The largest absolute Gasteiger partial charge is 0.494 e. The normalized spacial score (nSPS) is 16.0. The lowest BCUT2D eigenvalue weighted by molar-refractivity contribution is -0.119. The lowest BCUT2D eigenvalue weighted by atomic mass is 10.0. The van der Waals surface area contributed by atoms with E-state index in [1.165, 1.54) is 11.8 Å². The van der Waals surface area contributed by atoms with Gasteiger partial charge in [0.25, 0.3) is 0 Å². The Kier molecular flexibility index (Phi) is 5.64. The van der Waals surface area contributed by atoms with Gasteiger partial charge in [-0.1, -0.05) is 18.2 Å². The van der Waals surface area contributed by atoms with Crippen molar-refractivity contribution in [3.05, 3.63) is 54.1 Å². The van der Waals surface area contributed by atoms with Gasteiger partial charge in [0.15, 0.2) is 0 Å². The van der Waals surface area contributed by atoms with Gasteiger partial charge in [0.05, 0.1) is 25.0 Å². The van der Waals surface area contributed by atoms with Gasteiger partial charge in [0.2, 0.25) is 5.91 Å². The van der Waals surface area contributed by atoms with Crippen LogP contribution in [0.2, 0.25) is 0 Å². The Balaban J connectivity index is 1.53. The van der Waals surface area contributed by atoms with Crippen molar-refractivity contribution >= 4 is 17.7 Å². The van der Waals surface area contributed by atoms with Crippen LogP contribution in [0.25, 0.3) is 0 Å². The molecule has 24 heavy (non-hydrogen) atoms. The Bertz CT molecular complexity index is 687. The molecule has 2 aromatic rings. The van der Waals surface area contributed by atoms with Gasteiger partial charge in [0.1, 0.15) is 11.5 Å². The summed E-state index contributed by atoms with van der Waals surface area (Å²) in [6.45, 7) is 3.25. The van der Waals surface area contributed by atoms with Gasteiger partial charge in [-0.25, -0.2) is 0 Å². The quantitative estimate of drug-likeness (QED) is 0.810.